The Morgan fingerprint density at radius 1 is 1.29 bits per heavy atom. The molecule has 1 unspecified atom stereocenters. The van der Waals surface area contributed by atoms with Gasteiger partial charge in [0.15, 0.2) is 6.33 Å². The van der Waals surface area contributed by atoms with E-state index in [4.69, 9.17) is 39.3 Å². The van der Waals surface area contributed by atoms with Crippen molar-refractivity contribution < 1.29 is 4.52 Å². The maximum atomic E-state index is 6.22. The second-order valence-electron chi connectivity index (χ2n) is 4.58. The fraction of sp³-hybridized carbons (Fsp3) is 0.308. The molecule has 0 spiro atoms. The number of hydrogen-bond donors (Lipinski definition) is 0. The summed E-state index contributed by atoms with van der Waals surface area (Å²) in [5, 5.41) is 4.31. The molecule has 0 N–H and O–H groups in total. The quantitative estimate of drug-likeness (QED) is 0.663. The summed E-state index contributed by atoms with van der Waals surface area (Å²) in [7, 11) is 0. The molecular formula is C13H11Cl3N4O. The van der Waals surface area contributed by atoms with Gasteiger partial charge in [-0.15, -0.1) is 11.6 Å². The summed E-state index contributed by atoms with van der Waals surface area (Å²) in [6, 6.07) is 3.54. The van der Waals surface area contributed by atoms with Crippen LogP contribution < -0.4 is 0 Å². The van der Waals surface area contributed by atoms with Gasteiger partial charge in [0.05, 0.1) is 26.5 Å². The average molecular weight is 346 g/mol. The normalized spacial score (nSPS) is 13.0. The topological polar surface area (TPSA) is 56.7 Å². The van der Waals surface area contributed by atoms with E-state index < -0.39 is 0 Å². The van der Waals surface area contributed by atoms with Crippen molar-refractivity contribution in [1.82, 2.24) is 19.7 Å². The molecular weight excluding hydrogens is 335 g/mol. The van der Waals surface area contributed by atoms with Crippen molar-refractivity contribution in [3.8, 4) is 0 Å². The molecule has 3 rings (SSSR count). The summed E-state index contributed by atoms with van der Waals surface area (Å²) in [5.41, 5.74) is 1.64. The zero-order chi connectivity index (χ0) is 15.0. The fourth-order valence-corrected chi connectivity index (χ4v) is 2.67. The van der Waals surface area contributed by atoms with E-state index in [-0.39, 0.29) is 5.38 Å². The van der Waals surface area contributed by atoms with Gasteiger partial charge in [0, 0.05) is 13.0 Å². The van der Waals surface area contributed by atoms with Crippen LogP contribution in [0.4, 0.5) is 0 Å². The summed E-state index contributed by atoms with van der Waals surface area (Å²) in [4.78, 5) is 8.55. The first-order valence-electron chi connectivity index (χ1n) is 6.31. The molecule has 1 atom stereocenters. The standard InChI is InChI=1S/C13H11Cl3N4O/c1-7(14)13-19-10-4-8(15)9(16)5-11(10)20(13)3-2-12-17-6-18-21-12/h4-7H,2-3H2,1H3. The largest absolute Gasteiger partial charge is 0.340 e. The number of fused-ring (bicyclic) bond motifs is 1. The van der Waals surface area contributed by atoms with Crippen LogP contribution in [0.1, 0.15) is 24.0 Å². The predicted octanol–water partition coefficient (Wildman–Crippen LogP) is 4.27. The lowest BCUT2D eigenvalue weighted by molar-refractivity contribution is 0.371. The lowest BCUT2D eigenvalue weighted by atomic mass is 10.3. The van der Waals surface area contributed by atoms with Crippen LogP contribution in [0.25, 0.3) is 11.0 Å². The zero-order valence-electron chi connectivity index (χ0n) is 11.1. The number of rotatable bonds is 4. The van der Waals surface area contributed by atoms with Crippen LogP contribution in [0.15, 0.2) is 23.0 Å². The Morgan fingerprint density at radius 2 is 2.05 bits per heavy atom. The highest BCUT2D eigenvalue weighted by Gasteiger charge is 2.17. The first kappa shape index (κ1) is 14.6. The third kappa shape index (κ3) is 2.86. The molecule has 5 nitrogen and oxygen atoms in total. The van der Waals surface area contributed by atoms with Gasteiger partial charge in [0.25, 0.3) is 0 Å². The fourth-order valence-electron chi connectivity index (χ4n) is 2.19. The number of aryl methyl sites for hydroxylation is 2. The van der Waals surface area contributed by atoms with Gasteiger partial charge in [-0.1, -0.05) is 28.4 Å². The van der Waals surface area contributed by atoms with E-state index >= 15 is 0 Å². The van der Waals surface area contributed by atoms with Gasteiger partial charge in [-0.3, -0.25) is 0 Å². The van der Waals surface area contributed by atoms with Crippen molar-refractivity contribution in [3.63, 3.8) is 0 Å². The highest BCUT2D eigenvalue weighted by molar-refractivity contribution is 6.42. The Morgan fingerprint density at radius 3 is 2.71 bits per heavy atom. The first-order chi connectivity index (χ1) is 10.1. The highest BCUT2D eigenvalue weighted by Crippen LogP contribution is 2.31. The lowest BCUT2D eigenvalue weighted by Crippen LogP contribution is -2.07. The monoisotopic (exact) mass is 344 g/mol. The number of nitrogens with zero attached hydrogens (tertiary/aromatic N) is 4. The molecule has 8 heteroatoms. The number of benzene rings is 1. The van der Waals surface area contributed by atoms with Gasteiger partial charge < -0.3 is 9.09 Å². The van der Waals surface area contributed by atoms with E-state index in [1.54, 1.807) is 12.1 Å². The Hall–Kier alpha value is -1.30. The Kier molecular flexibility index (Phi) is 4.06. The van der Waals surface area contributed by atoms with Crippen LogP contribution in [0.2, 0.25) is 10.0 Å². The molecule has 2 aromatic heterocycles. The van der Waals surface area contributed by atoms with Crippen molar-refractivity contribution in [2.45, 2.75) is 25.3 Å². The minimum Gasteiger partial charge on any atom is -0.340 e. The molecule has 1 aromatic carbocycles. The smallest absolute Gasteiger partial charge is 0.228 e. The number of halogens is 3. The number of alkyl halides is 1. The SMILES string of the molecule is CC(Cl)c1nc2cc(Cl)c(Cl)cc2n1CCc1ncno1. The zero-order valence-corrected chi connectivity index (χ0v) is 13.3. The number of hydrogen-bond acceptors (Lipinski definition) is 4. The molecule has 0 saturated carbocycles. The maximum Gasteiger partial charge on any atom is 0.228 e. The molecule has 0 fully saturated rings. The molecule has 3 aromatic rings. The summed E-state index contributed by atoms with van der Waals surface area (Å²) < 4.78 is 7.01. The van der Waals surface area contributed by atoms with Crippen LogP contribution in [0, 0.1) is 0 Å². The summed E-state index contributed by atoms with van der Waals surface area (Å²) >= 11 is 18.4. The lowest BCUT2D eigenvalue weighted by Gasteiger charge is -2.09. The average Bonchev–Trinajstić information content (AvgIpc) is 3.05. The van der Waals surface area contributed by atoms with Crippen molar-refractivity contribution in [2.24, 2.45) is 0 Å². The Balaban J connectivity index is 2.04. The second-order valence-corrected chi connectivity index (χ2v) is 6.05. The molecule has 0 bridgehead atoms. The molecule has 0 amide bonds. The minimum absolute atomic E-state index is 0.238. The van der Waals surface area contributed by atoms with Crippen molar-refractivity contribution in [1.29, 1.82) is 0 Å². The van der Waals surface area contributed by atoms with Crippen molar-refractivity contribution in [3.05, 3.63) is 40.2 Å². The van der Waals surface area contributed by atoms with E-state index in [0.29, 0.717) is 28.9 Å². The Labute approximate surface area is 135 Å². The summed E-state index contributed by atoms with van der Waals surface area (Å²) in [6.07, 6.45) is 1.96. The van der Waals surface area contributed by atoms with E-state index in [0.717, 1.165) is 16.9 Å². The highest BCUT2D eigenvalue weighted by atomic mass is 35.5. The first-order valence-corrected chi connectivity index (χ1v) is 7.50. The third-order valence-corrected chi connectivity index (χ3v) is 4.05. The number of imidazole rings is 1. The van der Waals surface area contributed by atoms with Gasteiger partial charge in [-0.25, -0.2) is 4.98 Å². The summed E-state index contributed by atoms with van der Waals surface area (Å²) in [5.74, 6) is 1.31. The van der Waals surface area contributed by atoms with Crippen molar-refractivity contribution in [2.75, 3.05) is 0 Å². The predicted molar refractivity (Wildman–Crippen MR) is 82.0 cm³/mol. The van der Waals surface area contributed by atoms with Crippen LogP contribution in [0.3, 0.4) is 0 Å². The van der Waals surface area contributed by atoms with E-state index in [1.165, 1.54) is 6.33 Å². The minimum atomic E-state index is -0.238. The molecule has 110 valence electrons. The maximum absolute atomic E-state index is 6.22. The molecule has 2 heterocycles. The summed E-state index contributed by atoms with van der Waals surface area (Å²) in [6.45, 7) is 2.48. The molecule has 0 aliphatic carbocycles. The van der Waals surface area contributed by atoms with E-state index in [1.807, 2.05) is 11.5 Å². The van der Waals surface area contributed by atoms with Crippen LogP contribution in [-0.2, 0) is 13.0 Å². The van der Waals surface area contributed by atoms with E-state index in [2.05, 4.69) is 15.1 Å². The van der Waals surface area contributed by atoms with Gasteiger partial charge in [-0.05, 0) is 19.1 Å². The van der Waals surface area contributed by atoms with Crippen LogP contribution in [-0.4, -0.2) is 19.7 Å². The van der Waals surface area contributed by atoms with Crippen LogP contribution in [0.5, 0.6) is 0 Å². The molecule has 0 aliphatic heterocycles. The molecule has 0 radical (unpaired) electrons. The van der Waals surface area contributed by atoms with Gasteiger partial charge >= 0.3 is 0 Å². The van der Waals surface area contributed by atoms with Crippen LogP contribution >= 0.6 is 34.8 Å². The third-order valence-electron chi connectivity index (χ3n) is 3.13. The second kappa shape index (κ2) is 5.83. The molecule has 0 aliphatic rings. The molecule has 21 heavy (non-hydrogen) atoms. The van der Waals surface area contributed by atoms with Gasteiger partial charge in [-0.2, -0.15) is 4.98 Å². The van der Waals surface area contributed by atoms with Gasteiger partial charge in [0.1, 0.15) is 5.82 Å². The molecule has 0 saturated heterocycles. The van der Waals surface area contributed by atoms with Crippen molar-refractivity contribution >= 4 is 45.8 Å². The van der Waals surface area contributed by atoms with Gasteiger partial charge in [0.2, 0.25) is 5.89 Å². The van der Waals surface area contributed by atoms with E-state index in [9.17, 15) is 0 Å². The Bertz CT molecular complexity index is 767. The number of aromatic nitrogens is 4.